The van der Waals surface area contributed by atoms with Gasteiger partial charge < -0.3 is 0 Å². The fraction of sp³-hybridized carbons (Fsp3) is 0. The molecule has 7 aromatic carbocycles. The van der Waals surface area contributed by atoms with E-state index in [1.165, 1.54) is 61.9 Å². The van der Waals surface area contributed by atoms with Gasteiger partial charge in [-0.2, -0.15) is 15.0 Å². The summed E-state index contributed by atoms with van der Waals surface area (Å²) in [6.07, 6.45) is 0. The highest BCUT2D eigenvalue weighted by Crippen LogP contribution is 2.44. The van der Waals surface area contributed by atoms with Crippen LogP contribution < -0.4 is 0 Å². The van der Waals surface area contributed by atoms with Crippen LogP contribution in [0.2, 0.25) is 0 Å². The molecule has 0 amide bonds. The second kappa shape index (κ2) is 10.6. The molecule has 0 unspecified atom stereocenters. The fourth-order valence-corrected chi connectivity index (χ4v) is 10.6. The van der Waals surface area contributed by atoms with Gasteiger partial charge in [-0.3, -0.25) is 9.13 Å². The van der Waals surface area contributed by atoms with Crippen molar-refractivity contribution in [2.45, 2.75) is 0 Å². The maximum absolute atomic E-state index is 5.48. The number of hydrogen-bond donors (Lipinski definition) is 0. The quantitative estimate of drug-likeness (QED) is 0.184. The molecule has 5 aromatic heterocycles. The SMILES string of the molecule is c1ccc(-c2nc(-n3c4ccccc4c4ccc5c6ccccc6sc5c43)nc(-n3c4ccccc4c4ccc5c6ccccc6sc5c43)n2)cc1. The van der Waals surface area contributed by atoms with Crippen molar-refractivity contribution in [3.05, 3.63) is 152 Å². The number of nitrogens with zero attached hydrogens (tertiary/aromatic N) is 5. The molecule has 12 rings (SSSR count). The van der Waals surface area contributed by atoms with E-state index in [1.54, 1.807) is 0 Å². The van der Waals surface area contributed by atoms with Gasteiger partial charge in [-0.15, -0.1) is 22.7 Å². The van der Waals surface area contributed by atoms with Crippen molar-refractivity contribution >= 4 is 107 Å². The molecule has 5 nitrogen and oxygen atoms in total. The monoisotopic (exact) mass is 699 g/mol. The second-order valence-corrected chi connectivity index (χ2v) is 15.3. The summed E-state index contributed by atoms with van der Waals surface area (Å²) in [7, 11) is 0. The van der Waals surface area contributed by atoms with Crippen LogP contribution >= 0.6 is 22.7 Å². The topological polar surface area (TPSA) is 48.5 Å². The van der Waals surface area contributed by atoms with Crippen molar-refractivity contribution in [1.29, 1.82) is 0 Å². The van der Waals surface area contributed by atoms with E-state index in [0.29, 0.717) is 17.7 Å². The van der Waals surface area contributed by atoms with Gasteiger partial charge in [0.25, 0.3) is 0 Å². The van der Waals surface area contributed by atoms with Gasteiger partial charge in [-0.1, -0.05) is 127 Å². The Kier molecular flexibility index (Phi) is 5.75. The van der Waals surface area contributed by atoms with Gasteiger partial charge in [0.1, 0.15) is 0 Å². The third kappa shape index (κ3) is 3.83. The van der Waals surface area contributed by atoms with Crippen molar-refractivity contribution in [1.82, 2.24) is 24.1 Å². The van der Waals surface area contributed by atoms with Crippen molar-refractivity contribution in [2.75, 3.05) is 0 Å². The minimum absolute atomic E-state index is 0.592. The Bertz CT molecular complexity index is 3220. The predicted octanol–water partition coefficient (Wildman–Crippen LogP) is 12.5. The number of para-hydroxylation sites is 2. The molecule has 0 atom stereocenters. The Balaban J connectivity index is 1.26. The van der Waals surface area contributed by atoms with Crippen molar-refractivity contribution in [3.63, 3.8) is 0 Å². The summed E-state index contributed by atoms with van der Waals surface area (Å²) in [4.78, 5) is 16.1. The fourth-order valence-electron chi connectivity index (χ4n) is 8.15. The molecule has 0 bridgehead atoms. The van der Waals surface area contributed by atoms with E-state index >= 15 is 0 Å². The number of aromatic nitrogens is 5. The first-order valence-electron chi connectivity index (χ1n) is 17.3. The molecule has 0 saturated carbocycles. The van der Waals surface area contributed by atoms with E-state index in [2.05, 4.69) is 143 Å². The molecule has 7 heteroatoms. The van der Waals surface area contributed by atoms with Gasteiger partial charge in [0.05, 0.1) is 31.5 Å². The normalized spacial score (nSPS) is 12.2. The first kappa shape index (κ1) is 28.3. The number of benzene rings is 7. The third-order valence-electron chi connectivity index (χ3n) is 10.4. The van der Waals surface area contributed by atoms with E-state index in [-0.39, 0.29) is 0 Å². The van der Waals surface area contributed by atoms with Crippen LogP contribution in [0.1, 0.15) is 0 Å². The number of thiophene rings is 2. The Morgan fingerprint density at radius 1 is 0.346 bits per heavy atom. The zero-order valence-electron chi connectivity index (χ0n) is 27.5. The lowest BCUT2D eigenvalue weighted by Crippen LogP contribution is -2.10. The summed E-state index contributed by atoms with van der Waals surface area (Å²) in [5.74, 6) is 1.81. The van der Waals surface area contributed by atoms with Crippen LogP contribution in [0.5, 0.6) is 0 Å². The summed E-state index contributed by atoms with van der Waals surface area (Å²) in [6, 6.07) is 53.9. The van der Waals surface area contributed by atoms with Crippen LogP contribution in [-0.4, -0.2) is 24.1 Å². The average Bonchev–Trinajstić information content (AvgIpc) is 3.96. The van der Waals surface area contributed by atoms with Gasteiger partial charge in [0, 0.05) is 58.1 Å². The van der Waals surface area contributed by atoms with Crippen LogP contribution in [0.4, 0.5) is 0 Å². The Morgan fingerprint density at radius 2 is 0.769 bits per heavy atom. The maximum atomic E-state index is 5.48. The highest BCUT2D eigenvalue weighted by atomic mass is 32.1. The minimum atomic E-state index is 0.592. The second-order valence-electron chi connectivity index (χ2n) is 13.2. The molecule has 0 spiro atoms. The average molecular weight is 700 g/mol. The zero-order valence-corrected chi connectivity index (χ0v) is 29.1. The third-order valence-corrected chi connectivity index (χ3v) is 12.8. The molecule has 0 aliphatic rings. The van der Waals surface area contributed by atoms with Crippen molar-refractivity contribution in [2.24, 2.45) is 0 Å². The molecule has 5 heterocycles. The molecule has 0 radical (unpaired) electrons. The first-order valence-corrected chi connectivity index (χ1v) is 18.9. The van der Waals surface area contributed by atoms with Gasteiger partial charge in [-0.05, 0) is 24.3 Å². The number of hydrogen-bond acceptors (Lipinski definition) is 5. The van der Waals surface area contributed by atoms with Gasteiger partial charge in [-0.25, -0.2) is 0 Å². The van der Waals surface area contributed by atoms with E-state index in [1.807, 2.05) is 40.9 Å². The van der Waals surface area contributed by atoms with Gasteiger partial charge in [0.15, 0.2) is 5.82 Å². The Morgan fingerprint density at radius 3 is 1.29 bits per heavy atom. The highest BCUT2D eigenvalue weighted by molar-refractivity contribution is 7.27. The zero-order chi connectivity index (χ0) is 33.9. The molecule has 52 heavy (non-hydrogen) atoms. The summed E-state index contributed by atoms with van der Waals surface area (Å²) in [5.41, 5.74) is 5.30. The lowest BCUT2D eigenvalue weighted by atomic mass is 10.1. The van der Waals surface area contributed by atoms with Crippen LogP contribution in [-0.2, 0) is 0 Å². The van der Waals surface area contributed by atoms with Crippen molar-refractivity contribution in [3.8, 4) is 23.3 Å². The summed E-state index contributed by atoms with van der Waals surface area (Å²) in [5, 5.41) is 9.71. The molecule has 0 N–H and O–H groups in total. The van der Waals surface area contributed by atoms with E-state index in [4.69, 9.17) is 15.0 Å². The van der Waals surface area contributed by atoms with Crippen LogP contribution in [0.3, 0.4) is 0 Å². The molecule has 0 aliphatic carbocycles. The van der Waals surface area contributed by atoms with E-state index < -0.39 is 0 Å². The Hall–Kier alpha value is -6.41. The standard InChI is InChI=1S/C45H25N5S2/c1-2-12-26(13-3-1)43-46-44(49-35-18-8-4-14-27(35)31-22-24-33-29-16-6-10-20-37(29)51-41(33)39(31)49)48-45(47-43)50-36-19-9-5-15-28(36)32-23-25-34-30-17-7-11-21-38(30)52-42(34)40(32)50/h1-25H. The molecule has 0 fully saturated rings. The Labute approximate surface area is 304 Å². The molecule has 242 valence electrons. The molecular weight excluding hydrogens is 675 g/mol. The largest absolute Gasteiger partial charge is 0.276 e. The molecular formula is C45H25N5S2. The first-order chi connectivity index (χ1) is 25.8. The van der Waals surface area contributed by atoms with E-state index in [9.17, 15) is 0 Å². The highest BCUT2D eigenvalue weighted by Gasteiger charge is 2.24. The molecule has 0 aliphatic heterocycles. The van der Waals surface area contributed by atoms with Gasteiger partial charge in [0.2, 0.25) is 11.9 Å². The van der Waals surface area contributed by atoms with Crippen LogP contribution in [0.15, 0.2) is 152 Å². The van der Waals surface area contributed by atoms with Crippen LogP contribution in [0.25, 0.3) is 107 Å². The van der Waals surface area contributed by atoms with E-state index in [0.717, 1.165) is 27.6 Å². The summed E-state index contributed by atoms with van der Waals surface area (Å²) >= 11 is 3.66. The van der Waals surface area contributed by atoms with Crippen molar-refractivity contribution < 1.29 is 0 Å². The molecule has 12 aromatic rings. The minimum Gasteiger partial charge on any atom is -0.276 e. The molecule has 0 saturated heterocycles. The smallest absolute Gasteiger partial charge is 0.240 e. The maximum Gasteiger partial charge on any atom is 0.240 e. The summed E-state index contributed by atoms with van der Waals surface area (Å²) < 4.78 is 9.51. The lowest BCUT2D eigenvalue weighted by Gasteiger charge is -2.13. The predicted molar refractivity (Wildman–Crippen MR) is 220 cm³/mol. The number of rotatable bonds is 3. The number of fused-ring (bicyclic) bond motifs is 14. The van der Waals surface area contributed by atoms with Crippen LogP contribution in [0, 0.1) is 0 Å². The van der Waals surface area contributed by atoms with Gasteiger partial charge >= 0.3 is 0 Å². The lowest BCUT2D eigenvalue weighted by molar-refractivity contribution is 0.895. The summed E-state index contributed by atoms with van der Waals surface area (Å²) in [6.45, 7) is 0.